The van der Waals surface area contributed by atoms with Crippen molar-refractivity contribution in [2.45, 2.75) is 52.0 Å². The molecule has 0 unspecified atom stereocenters. The van der Waals surface area contributed by atoms with Gasteiger partial charge in [0.2, 0.25) is 5.91 Å². The number of rotatable bonds is 7. The third-order valence-electron chi connectivity index (χ3n) is 3.01. The number of aryl methyl sites for hydroxylation is 1. The zero-order chi connectivity index (χ0) is 18.0. The van der Waals surface area contributed by atoms with Crippen molar-refractivity contribution < 1.29 is 14.3 Å². The van der Waals surface area contributed by atoms with Crippen LogP contribution >= 0.6 is 12.2 Å². The largest absolute Gasteiger partial charge is 0.466 e. The lowest BCUT2D eigenvalue weighted by Crippen LogP contribution is -2.48. The van der Waals surface area contributed by atoms with Gasteiger partial charge in [0.05, 0.1) is 13.0 Å². The SMILES string of the molecule is CC(C)(C)NC(=S)NC(=O)CCC(=O)OCCCc1ccccc1. The number of nitrogens with one attached hydrogen (secondary N) is 2. The van der Waals surface area contributed by atoms with Gasteiger partial charge in [0.15, 0.2) is 5.11 Å². The molecule has 6 heteroatoms. The number of carbonyl (C=O) groups excluding carboxylic acids is 2. The molecule has 0 fully saturated rings. The van der Waals surface area contributed by atoms with Crippen LogP contribution in [-0.2, 0) is 20.7 Å². The Morgan fingerprint density at radius 1 is 1.12 bits per heavy atom. The monoisotopic (exact) mass is 350 g/mol. The average molecular weight is 350 g/mol. The Bertz CT molecular complexity index is 553. The van der Waals surface area contributed by atoms with Crippen molar-refractivity contribution in [3.63, 3.8) is 0 Å². The zero-order valence-electron chi connectivity index (χ0n) is 14.6. The molecule has 0 heterocycles. The van der Waals surface area contributed by atoms with E-state index in [4.69, 9.17) is 17.0 Å². The van der Waals surface area contributed by atoms with Crippen LogP contribution in [0.3, 0.4) is 0 Å². The molecule has 0 aliphatic rings. The number of hydrogen-bond acceptors (Lipinski definition) is 4. The smallest absolute Gasteiger partial charge is 0.306 e. The number of benzene rings is 1. The van der Waals surface area contributed by atoms with Gasteiger partial charge in [-0.05, 0) is 51.4 Å². The van der Waals surface area contributed by atoms with Gasteiger partial charge < -0.3 is 15.4 Å². The molecular formula is C18H26N2O3S. The lowest BCUT2D eigenvalue weighted by atomic mass is 10.1. The molecule has 1 aromatic rings. The molecule has 0 saturated heterocycles. The van der Waals surface area contributed by atoms with Crippen LogP contribution < -0.4 is 10.6 Å². The third-order valence-corrected chi connectivity index (χ3v) is 3.22. The fourth-order valence-electron chi connectivity index (χ4n) is 1.96. The summed E-state index contributed by atoms with van der Waals surface area (Å²) in [7, 11) is 0. The highest BCUT2D eigenvalue weighted by molar-refractivity contribution is 7.80. The Kier molecular flexibility index (Phi) is 8.40. The molecule has 1 amide bonds. The van der Waals surface area contributed by atoms with Gasteiger partial charge in [-0.3, -0.25) is 9.59 Å². The topological polar surface area (TPSA) is 67.4 Å². The number of ether oxygens (including phenoxy) is 1. The lowest BCUT2D eigenvalue weighted by Gasteiger charge is -2.22. The van der Waals surface area contributed by atoms with Crippen molar-refractivity contribution in [3.8, 4) is 0 Å². The van der Waals surface area contributed by atoms with Crippen LogP contribution in [0.15, 0.2) is 30.3 Å². The molecule has 0 atom stereocenters. The molecule has 5 nitrogen and oxygen atoms in total. The van der Waals surface area contributed by atoms with Crippen molar-refractivity contribution in [2.75, 3.05) is 6.61 Å². The summed E-state index contributed by atoms with van der Waals surface area (Å²) < 4.78 is 5.13. The second-order valence-electron chi connectivity index (χ2n) is 6.56. The van der Waals surface area contributed by atoms with Gasteiger partial charge in [0, 0.05) is 12.0 Å². The fraction of sp³-hybridized carbons (Fsp3) is 0.500. The highest BCUT2D eigenvalue weighted by atomic mass is 32.1. The molecule has 1 rings (SSSR count). The summed E-state index contributed by atoms with van der Waals surface area (Å²) in [5.74, 6) is -0.661. The van der Waals surface area contributed by atoms with E-state index in [1.54, 1.807) is 0 Å². The van der Waals surface area contributed by atoms with Gasteiger partial charge >= 0.3 is 5.97 Å². The minimum atomic E-state index is -0.368. The Morgan fingerprint density at radius 3 is 2.42 bits per heavy atom. The van der Waals surface area contributed by atoms with E-state index in [2.05, 4.69) is 10.6 Å². The van der Waals surface area contributed by atoms with Crippen molar-refractivity contribution in [1.82, 2.24) is 10.6 Å². The quantitative estimate of drug-likeness (QED) is 0.450. The summed E-state index contributed by atoms with van der Waals surface area (Å²) in [5.41, 5.74) is 0.995. The van der Waals surface area contributed by atoms with Gasteiger partial charge in [-0.15, -0.1) is 0 Å². The summed E-state index contributed by atoms with van der Waals surface area (Å²) in [5, 5.41) is 5.80. The minimum absolute atomic E-state index is 0.0509. The van der Waals surface area contributed by atoms with E-state index in [0.717, 1.165) is 12.8 Å². The van der Waals surface area contributed by atoms with Gasteiger partial charge in [-0.2, -0.15) is 0 Å². The second kappa shape index (κ2) is 10.0. The van der Waals surface area contributed by atoms with Crippen LogP contribution in [0, 0.1) is 0 Å². The fourth-order valence-corrected chi connectivity index (χ4v) is 2.38. The number of hydrogen-bond donors (Lipinski definition) is 2. The summed E-state index contributed by atoms with van der Waals surface area (Å²) in [6.07, 6.45) is 1.74. The van der Waals surface area contributed by atoms with E-state index < -0.39 is 0 Å². The molecule has 0 bridgehead atoms. The second-order valence-corrected chi connectivity index (χ2v) is 6.97. The lowest BCUT2D eigenvalue weighted by molar-refractivity contribution is -0.145. The van der Waals surface area contributed by atoms with E-state index in [1.165, 1.54) is 5.56 Å². The molecule has 1 aromatic carbocycles. The Hall–Kier alpha value is -1.95. The Labute approximate surface area is 149 Å². The molecule has 0 spiro atoms. The third kappa shape index (κ3) is 9.94. The predicted molar refractivity (Wildman–Crippen MR) is 98.6 cm³/mol. The van der Waals surface area contributed by atoms with Crippen LogP contribution in [0.25, 0.3) is 0 Å². The number of thiocarbonyl (C=S) groups is 1. The first-order valence-corrected chi connectivity index (χ1v) is 8.48. The number of amides is 1. The van der Waals surface area contributed by atoms with E-state index in [9.17, 15) is 9.59 Å². The van der Waals surface area contributed by atoms with Crippen LogP contribution in [-0.4, -0.2) is 29.1 Å². The molecule has 0 aromatic heterocycles. The number of carbonyl (C=O) groups is 2. The highest BCUT2D eigenvalue weighted by Gasteiger charge is 2.14. The molecule has 132 valence electrons. The maximum atomic E-state index is 11.7. The number of esters is 1. The van der Waals surface area contributed by atoms with Crippen LogP contribution in [0.2, 0.25) is 0 Å². The predicted octanol–water partition coefficient (Wildman–Crippen LogP) is 2.73. The summed E-state index contributed by atoms with van der Waals surface area (Å²) in [4.78, 5) is 23.3. The maximum Gasteiger partial charge on any atom is 0.306 e. The Balaban J connectivity index is 2.12. The van der Waals surface area contributed by atoms with Crippen LogP contribution in [0.1, 0.15) is 45.6 Å². The van der Waals surface area contributed by atoms with Gasteiger partial charge in [0.1, 0.15) is 0 Å². The normalized spacial score (nSPS) is 10.8. The van der Waals surface area contributed by atoms with Crippen molar-refractivity contribution >= 4 is 29.2 Å². The van der Waals surface area contributed by atoms with Crippen LogP contribution in [0.4, 0.5) is 0 Å². The standard InChI is InChI=1S/C18H26N2O3S/c1-18(2,3)20-17(24)19-15(21)11-12-16(22)23-13-7-10-14-8-5-4-6-9-14/h4-6,8-9H,7,10-13H2,1-3H3,(H2,19,20,21,24). The zero-order valence-corrected chi connectivity index (χ0v) is 15.4. The molecule has 24 heavy (non-hydrogen) atoms. The first kappa shape index (κ1) is 20.1. The van der Waals surface area contributed by atoms with E-state index in [0.29, 0.717) is 6.61 Å². The van der Waals surface area contributed by atoms with E-state index in [-0.39, 0.29) is 35.4 Å². The van der Waals surface area contributed by atoms with E-state index in [1.807, 2.05) is 51.1 Å². The van der Waals surface area contributed by atoms with Gasteiger partial charge in [-0.1, -0.05) is 30.3 Å². The highest BCUT2D eigenvalue weighted by Crippen LogP contribution is 2.03. The maximum absolute atomic E-state index is 11.7. The van der Waals surface area contributed by atoms with Crippen molar-refractivity contribution in [3.05, 3.63) is 35.9 Å². The molecule has 0 aliphatic heterocycles. The Morgan fingerprint density at radius 2 is 1.79 bits per heavy atom. The van der Waals surface area contributed by atoms with Crippen LogP contribution in [0.5, 0.6) is 0 Å². The molecular weight excluding hydrogens is 324 g/mol. The van der Waals surface area contributed by atoms with Crippen molar-refractivity contribution in [2.24, 2.45) is 0 Å². The summed E-state index contributed by atoms with van der Waals surface area (Å²) in [6.45, 7) is 6.19. The first-order chi connectivity index (χ1) is 11.3. The first-order valence-electron chi connectivity index (χ1n) is 8.08. The molecule has 0 aliphatic carbocycles. The minimum Gasteiger partial charge on any atom is -0.466 e. The van der Waals surface area contributed by atoms with Gasteiger partial charge in [-0.25, -0.2) is 0 Å². The molecule has 2 N–H and O–H groups in total. The summed E-state index contributed by atoms with van der Waals surface area (Å²) in [6, 6.07) is 10.0. The molecule has 0 saturated carbocycles. The van der Waals surface area contributed by atoms with E-state index >= 15 is 0 Å². The summed E-state index contributed by atoms with van der Waals surface area (Å²) >= 11 is 5.03. The van der Waals surface area contributed by atoms with Gasteiger partial charge in [0.25, 0.3) is 0 Å². The molecule has 0 radical (unpaired) electrons. The van der Waals surface area contributed by atoms with Crippen molar-refractivity contribution in [1.29, 1.82) is 0 Å². The average Bonchev–Trinajstić information content (AvgIpc) is 2.48.